The van der Waals surface area contributed by atoms with Gasteiger partial charge in [0.15, 0.2) is 0 Å². The molecule has 2 N–H and O–H groups in total. The van der Waals surface area contributed by atoms with E-state index in [9.17, 15) is 0 Å². The summed E-state index contributed by atoms with van der Waals surface area (Å²) in [7, 11) is -2.85. The van der Waals surface area contributed by atoms with Crippen molar-refractivity contribution in [2.24, 2.45) is 0 Å². The van der Waals surface area contributed by atoms with E-state index < -0.39 is 16.1 Å². The van der Waals surface area contributed by atoms with Gasteiger partial charge in [-0.25, -0.2) is 0 Å². The van der Waals surface area contributed by atoms with Crippen molar-refractivity contribution >= 4 is 21.8 Å². The van der Waals surface area contributed by atoms with Gasteiger partial charge in [-0.1, -0.05) is 69.3 Å². The van der Waals surface area contributed by atoms with E-state index in [1.807, 2.05) is 18.2 Å². The number of anilines is 1. The molecular formula is C22H27NSi2. The molecule has 3 heteroatoms. The summed E-state index contributed by atoms with van der Waals surface area (Å²) < 4.78 is 0. The van der Waals surface area contributed by atoms with Crippen LogP contribution in [0.15, 0.2) is 42.5 Å². The van der Waals surface area contributed by atoms with Gasteiger partial charge in [-0.2, -0.15) is 0 Å². The van der Waals surface area contributed by atoms with Crippen LogP contribution in [0.3, 0.4) is 0 Å². The van der Waals surface area contributed by atoms with Crippen LogP contribution in [-0.2, 0) is 0 Å². The normalized spacial score (nSPS) is 11.1. The molecule has 0 aromatic heterocycles. The molecule has 0 aliphatic carbocycles. The van der Waals surface area contributed by atoms with Gasteiger partial charge in [-0.3, -0.25) is 0 Å². The Morgan fingerprint density at radius 1 is 0.760 bits per heavy atom. The van der Waals surface area contributed by atoms with Gasteiger partial charge in [-0.05, 0) is 35.4 Å². The summed E-state index contributed by atoms with van der Waals surface area (Å²) in [4.78, 5) is 0. The third-order valence-electron chi connectivity index (χ3n) is 3.37. The molecule has 2 aromatic carbocycles. The van der Waals surface area contributed by atoms with Crippen molar-refractivity contribution in [3.8, 4) is 34.1 Å². The molecule has 0 fully saturated rings. The molecule has 0 atom stereocenters. The average molecular weight is 362 g/mol. The standard InChI is InChI=1S/C22H27NSi2/c1-24(2,3)14-12-18-10-11-22(19-8-7-9-21(23)17-19)20(16-18)13-15-25(4,5)6/h7-11,16-17H,23H2,1-6H3. The van der Waals surface area contributed by atoms with Crippen molar-refractivity contribution in [3.05, 3.63) is 53.6 Å². The summed E-state index contributed by atoms with van der Waals surface area (Å²) in [5, 5.41) is 0. The van der Waals surface area contributed by atoms with Gasteiger partial charge in [0.2, 0.25) is 0 Å². The molecule has 0 aliphatic heterocycles. The molecule has 2 aromatic rings. The van der Waals surface area contributed by atoms with Crippen molar-refractivity contribution in [2.45, 2.75) is 39.3 Å². The minimum atomic E-state index is -1.46. The van der Waals surface area contributed by atoms with Crippen molar-refractivity contribution in [1.82, 2.24) is 0 Å². The van der Waals surface area contributed by atoms with Crippen LogP contribution in [-0.4, -0.2) is 16.1 Å². The zero-order chi connectivity index (χ0) is 18.7. The molecule has 2 rings (SSSR count). The first kappa shape index (κ1) is 19.1. The van der Waals surface area contributed by atoms with Crippen LogP contribution in [0, 0.1) is 22.9 Å². The Balaban J connectivity index is 2.58. The summed E-state index contributed by atoms with van der Waals surface area (Å²) in [6.45, 7) is 13.5. The Hall–Kier alpha value is -2.21. The van der Waals surface area contributed by atoms with Crippen LogP contribution in [0.1, 0.15) is 11.1 Å². The second kappa shape index (κ2) is 7.36. The van der Waals surface area contributed by atoms with E-state index in [1.54, 1.807) is 0 Å². The van der Waals surface area contributed by atoms with Gasteiger partial charge in [0.1, 0.15) is 16.1 Å². The zero-order valence-electron chi connectivity index (χ0n) is 16.1. The van der Waals surface area contributed by atoms with E-state index in [1.165, 1.54) is 0 Å². The highest BCUT2D eigenvalue weighted by molar-refractivity contribution is 6.84. The summed E-state index contributed by atoms with van der Waals surface area (Å²) >= 11 is 0. The molecule has 0 unspecified atom stereocenters. The summed E-state index contributed by atoms with van der Waals surface area (Å²) in [6.07, 6.45) is 0. The van der Waals surface area contributed by atoms with E-state index in [0.717, 1.165) is 27.9 Å². The fourth-order valence-electron chi connectivity index (χ4n) is 2.20. The molecule has 0 heterocycles. The Kier molecular flexibility index (Phi) is 5.63. The highest BCUT2D eigenvalue weighted by atomic mass is 28.3. The molecule has 0 saturated heterocycles. The number of hydrogen-bond acceptors (Lipinski definition) is 1. The van der Waals surface area contributed by atoms with Gasteiger partial charge in [-0.15, -0.1) is 11.1 Å². The lowest BCUT2D eigenvalue weighted by Crippen LogP contribution is -2.16. The third kappa shape index (κ3) is 6.31. The molecule has 0 spiro atoms. The van der Waals surface area contributed by atoms with Crippen LogP contribution in [0.5, 0.6) is 0 Å². The largest absolute Gasteiger partial charge is 0.399 e. The molecule has 0 saturated carbocycles. The van der Waals surface area contributed by atoms with Gasteiger partial charge >= 0.3 is 0 Å². The Bertz CT molecular complexity index is 892. The first-order valence-electron chi connectivity index (χ1n) is 8.60. The van der Waals surface area contributed by atoms with Crippen molar-refractivity contribution < 1.29 is 0 Å². The minimum Gasteiger partial charge on any atom is -0.399 e. The zero-order valence-corrected chi connectivity index (χ0v) is 18.1. The van der Waals surface area contributed by atoms with Crippen LogP contribution in [0.2, 0.25) is 39.3 Å². The van der Waals surface area contributed by atoms with Gasteiger partial charge in [0, 0.05) is 16.8 Å². The third-order valence-corrected chi connectivity index (χ3v) is 5.12. The van der Waals surface area contributed by atoms with Gasteiger partial charge in [0.25, 0.3) is 0 Å². The topological polar surface area (TPSA) is 26.0 Å². The molecule has 0 amide bonds. The van der Waals surface area contributed by atoms with Crippen molar-refractivity contribution in [3.63, 3.8) is 0 Å². The number of rotatable bonds is 1. The minimum absolute atomic E-state index is 0.768. The predicted octanol–water partition coefficient (Wildman–Crippen LogP) is 5.39. The van der Waals surface area contributed by atoms with Crippen molar-refractivity contribution in [2.75, 3.05) is 5.73 Å². The van der Waals surface area contributed by atoms with E-state index in [4.69, 9.17) is 5.73 Å². The Morgan fingerprint density at radius 2 is 1.40 bits per heavy atom. The highest BCUT2D eigenvalue weighted by Gasteiger charge is 2.10. The van der Waals surface area contributed by atoms with Crippen LogP contribution < -0.4 is 5.73 Å². The molecule has 0 bridgehead atoms. The lowest BCUT2D eigenvalue weighted by Gasteiger charge is -2.09. The molecule has 0 radical (unpaired) electrons. The second-order valence-electron chi connectivity index (χ2n) is 8.39. The highest BCUT2D eigenvalue weighted by Crippen LogP contribution is 2.26. The smallest absolute Gasteiger partial charge is 0.129 e. The van der Waals surface area contributed by atoms with E-state index >= 15 is 0 Å². The molecule has 25 heavy (non-hydrogen) atoms. The lowest BCUT2D eigenvalue weighted by atomic mass is 9.97. The Morgan fingerprint density at radius 3 is 2.00 bits per heavy atom. The lowest BCUT2D eigenvalue weighted by molar-refractivity contribution is 1.55. The Labute approximate surface area is 154 Å². The SMILES string of the molecule is C[Si](C)(C)C#Cc1ccc(-c2cccc(N)c2)c(C#C[Si](C)(C)C)c1. The average Bonchev–Trinajstić information content (AvgIpc) is 2.49. The first-order valence-corrected chi connectivity index (χ1v) is 15.6. The van der Waals surface area contributed by atoms with Crippen LogP contribution in [0.25, 0.3) is 11.1 Å². The summed E-state index contributed by atoms with van der Waals surface area (Å²) in [5.41, 5.74) is 17.9. The fourth-order valence-corrected chi connectivity index (χ4v) is 3.23. The van der Waals surface area contributed by atoms with Gasteiger partial charge in [0.05, 0.1) is 0 Å². The molecular weight excluding hydrogens is 334 g/mol. The van der Waals surface area contributed by atoms with E-state index in [2.05, 4.69) is 86.5 Å². The second-order valence-corrected chi connectivity index (χ2v) is 17.9. The number of benzene rings is 2. The quantitative estimate of drug-likeness (QED) is 0.411. The van der Waals surface area contributed by atoms with Crippen LogP contribution in [0.4, 0.5) is 5.69 Å². The van der Waals surface area contributed by atoms with E-state index in [-0.39, 0.29) is 0 Å². The monoisotopic (exact) mass is 361 g/mol. The van der Waals surface area contributed by atoms with Crippen molar-refractivity contribution in [1.29, 1.82) is 0 Å². The number of nitrogen functional groups attached to an aromatic ring is 1. The predicted molar refractivity (Wildman–Crippen MR) is 117 cm³/mol. The maximum Gasteiger partial charge on any atom is 0.129 e. The number of nitrogens with two attached hydrogens (primary N) is 1. The fraction of sp³-hybridized carbons (Fsp3) is 0.273. The molecule has 0 aliphatic rings. The summed E-state index contributed by atoms with van der Waals surface area (Å²) in [5.74, 6) is 6.77. The summed E-state index contributed by atoms with van der Waals surface area (Å²) in [6, 6.07) is 14.3. The number of hydrogen-bond donors (Lipinski definition) is 1. The maximum absolute atomic E-state index is 5.97. The van der Waals surface area contributed by atoms with E-state index in [0.29, 0.717) is 0 Å². The molecule has 1 nitrogen and oxygen atoms in total. The van der Waals surface area contributed by atoms with Crippen LogP contribution >= 0.6 is 0 Å². The molecule has 128 valence electrons. The maximum atomic E-state index is 5.97. The first-order chi connectivity index (χ1) is 11.5. The van der Waals surface area contributed by atoms with Gasteiger partial charge < -0.3 is 5.73 Å².